The summed E-state index contributed by atoms with van der Waals surface area (Å²) in [5.41, 5.74) is 0.434. The number of nitrogens with one attached hydrogen (secondary N) is 1. The maximum atomic E-state index is 13.6. The van der Waals surface area contributed by atoms with Gasteiger partial charge < -0.3 is 15.3 Å². The molecule has 0 unspecified atom stereocenters. The van der Waals surface area contributed by atoms with E-state index in [1.54, 1.807) is 24.3 Å². The van der Waals surface area contributed by atoms with E-state index < -0.39 is 23.5 Å². The van der Waals surface area contributed by atoms with E-state index in [9.17, 15) is 27.5 Å². The lowest BCUT2D eigenvalue weighted by Crippen LogP contribution is -2.37. The number of carbonyl (C=O) groups is 1. The first-order chi connectivity index (χ1) is 17.6. The van der Waals surface area contributed by atoms with Crippen molar-refractivity contribution in [1.82, 2.24) is 15.3 Å². The smallest absolute Gasteiger partial charge is 0.419 e. The van der Waals surface area contributed by atoms with Crippen LogP contribution in [0.5, 0.6) is 5.75 Å². The van der Waals surface area contributed by atoms with Crippen LogP contribution in [-0.2, 0) is 6.18 Å². The topological polar surface area (TPSA) is 78.4 Å². The van der Waals surface area contributed by atoms with Crippen LogP contribution in [0.1, 0.15) is 30.8 Å². The number of aromatic hydroxyl groups is 1. The predicted molar refractivity (Wildman–Crippen MR) is 135 cm³/mol. The van der Waals surface area contributed by atoms with Crippen LogP contribution < -0.4 is 10.2 Å². The molecule has 1 amide bonds. The Bertz CT molecular complexity index is 1520. The van der Waals surface area contributed by atoms with E-state index in [0.717, 1.165) is 17.0 Å². The molecule has 0 bridgehead atoms. The lowest BCUT2D eigenvalue weighted by Gasteiger charge is -2.21. The van der Waals surface area contributed by atoms with Gasteiger partial charge in [-0.3, -0.25) is 4.79 Å². The second kappa shape index (κ2) is 9.34. The van der Waals surface area contributed by atoms with Crippen LogP contribution in [0.2, 0.25) is 0 Å². The molecule has 1 aromatic heterocycles. The van der Waals surface area contributed by atoms with Gasteiger partial charge in [-0.05, 0) is 61.4 Å². The molecule has 3 aromatic carbocycles. The van der Waals surface area contributed by atoms with Gasteiger partial charge in [0.2, 0.25) is 0 Å². The maximum Gasteiger partial charge on any atom is 0.419 e. The highest BCUT2D eigenvalue weighted by Gasteiger charge is 2.35. The fraction of sp³-hybridized carbons (Fsp3) is 0.222. The number of anilines is 1. The number of phenols is 1. The number of halogens is 4. The van der Waals surface area contributed by atoms with Crippen molar-refractivity contribution in [2.45, 2.75) is 25.6 Å². The van der Waals surface area contributed by atoms with E-state index in [1.807, 2.05) is 30.0 Å². The molecule has 194 valence electrons. The van der Waals surface area contributed by atoms with Gasteiger partial charge in [-0.25, -0.2) is 14.4 Å². The number of alkyl halides is 3. The summed E-state index contributed by atoms with van der Waals surface area (Å²) in [7, 11) is 0. The summed E-state index contributed by atoms with van der Waals surface area (Å²) in [5.74, 6) is -1.12. The highest BCUT2D eigenvalue weighted by Crippen LogP contribution is 2.34. The highest BCUT2D eigenvalue weighted by molar-refractivity contribution is 5.95. The Balaban J connectivity index is 0.00000210. The average molecular weight is 515 g/mol. The van der Waals surface area contributed by atoms with Gasteiger partial charge >= 0.3 is 6.18 Å². The van der Waals surface area contributed by atoms with E-state index in [2.05, 4.69) is 10.3 Å². The zero-order valence-electron chi connectivity index (χ0n) is 19.7. The molecule has 37 heavy (non-hydrogen) atoms. The summed E-state index contributed by atoms with van der Waals surface area (Å²) < 4.78 is 52.8. The van der Waals surface area contributed by atoms with Crippen LogP contribution in [0, 0.1) is 12.7 Å². The van der Waals surface area contributed by atoms with Gasteiger partial charge in [0.05, 0.1) is 16.6 Å². The van der Waals surface area contributed by atoms with E-state index in [1.165, 1.54) is 0 Å². The van der Waals surface area contributed by atoms with Gasteiger partial charge in [0, 0.05) is 32.9 Å². The standard InChI is InChI=1S/C27H22F4N4O2.2H2/c1-15-6-8-18-22(12-15)33-24(19-4-2-3-5-23(19)36)34-25(18)35-11-10-17(14-35)32-26(37)16-7-9-21(28)20(13-16)27(29,30)31;;/h2-9,12-13,17,36H,10-11,14H2,1H3,(H,32,37);2*1H/t17-;;/m1../s1. The monoisotopic (exact) mass is 514 g/mol. The van der Waals surface area contributed by atoms with E-state index in [-0.39, 0.29) is 20.2 Å². The first kappa shape index (κ1) is 24.5. The Morgan fingerprint density at radius 2 is 1.89 bits per heavy atom. The number of amides is 1. The third-order valence-electron chi connectivity index (χ3n) is 6.33. The van der Waals surface area contributed by atoms with Gasteiger partial charge in [0.1, 0.15) is 17.4 Å². The van der Waals surface area contributed by atoms with Crippen LogP contribution in [0.4, 0.5) is 23.4 Å². The first-order valence-electron chi connectivity index (χ1n) is 11.6. The van der Waals surface area contributed by atoms with Crippen molar-refractivity contribution < 1.29 is 30.3 Å². The van der Waals surface area contributed by atoms with Crippen LogP contribution in [0.15, 0.2) is 60.7 Å². The lowest BCUT2D eigenvalue weighted by molar-refractivity contribution is -0.140. The van der Waals surface area contributed by atoms with Crippen LogP contribution in [-0.4, -0.2) is 40.1 Å². The summed E-state index contributed by atoms with van der Waals surface area (Å²) in [6.07, 6.45) is -4.37. The molecule has 0 saturated carbocycles. The van der Waals surface area contributed by atoms with Crippen molar-refractivity contribution >= 4 is 22.6 Å². The number of rotatable bonds is 4. The molecule has 0 spiro atoms. The summed E-state index contributed by atoms with van der Waals surface area (Å²) in [6.45, 7) is 2.84. The minimum atomic E-state index is -4.90. The maximum absolute atomic E-state index is 13.6. The fourth-order valence-electron chi connectivity index (χ4n) is 4.47. The Morgan fingerprint density at radius 1 is 1.11 bits per heavy atom. The van der Waals surface area contributed by atoms with Crippen molar-refractivity contribution in [2.24, 2.45) is 0 Å². The number of aryl methyl sites for hydroxylation is 1. The Kier molecular flexibility index (Phi) is 6.18. The summed E-state index contributed by atoms with van der Waals surface area (Å²) in [4.78, 5) is 24.1. The normalized spacial score (nSPS) is 15.8. The van der Waals surface area contributed by atoms with E-state index in [0.29, 0.717) is 54.4 Å². The van der Waals surface area contributed by atoms with Crippen molar-refractivity contribution in [3.63, 3.8) is 0 Å². The molecule has 1 aliphatic rings. The summed E-state index contributed by atoms with van der Waals surface area (Å²) in [5, 5.41) is 13.9. The number of carbonyl (C=O) groups excluding carboxylic acids is 1. The molecule has 1 saturated heterocycles. The molecule has 1 fully saturated rings. The van der Waals surface area contributed by atoms with Gasteiger partial charge in [-0.2, -0.15) is 13.2 Å². The van der Waals surface area contributed by atoms with Crippen molar-refractivity contribution in [3.8, 4) is 17.1 Å². The number of benzene rings is 3. The quantitative estimate of drug-likeness (QED) is 0.328. The number of aromatic nitrogens is 2. The minimum absolute atomic E-state index is 0. The SMILES string of the molecule is Cc1ccc2c(N3CC[C@@H](NC(=O)c4ccc(F)c(C(F)(F)F)c4)C3)nc(-c3ccccc3O)nc2c1.[HH].[HH]. The molecular formula is C27H26F4N4O2. The zero-order chi connectivity index (χ0) is 26.3. The minimum Gasteiger partial charge on any atom is -0.507 e. The van der Waals surface area contributed by atoms with Crippen LogP contribution in [0.25, 0.3) is 22.3 Å². The van der Waals surface area contributed by atoms with Crippen LogP contribution in [0.3, 0.4) is 0 Å². The van der Waals surface area contributed by atoms with Gasteiger partial charge in [0.25, 0.3) is 5.91 Å². The molecular weight excluding hydrogens is 488 g/mol. The Hall–Kier alpha value is -4.21. The molecule has 1 aliphatic heterocycles. The molecule has 1 atom stereocenters. The lowest BCUT2D eigenvalue weighted by atomic mass is 10.1. The average Bonchev–Trinajstić information content (AvgIpc) is 3.31. The van der Waals surface area contributed by atoms with Gasteiger partial charge in [-0.1, -0.05) is 18.2 Å². The molecule has 10 heteroatoms. The Morgan fingerprint density at radius 3 is 2.65 bits per heavy atom. The number of hydrogen-bond acceptors (Lipinski definition) is 5. The predicted octanol–water partition coefficient (Wildman–Crippen LogP) is 5.97. The third-order valence-corrected chi connectivity index (χ3v) is 6.33. The second-order valence-corrected chi connectivity index (χ2v) is 9.01. The summed E-state index contributed by atoms with van der Waals surface area (Å²) in [6, 6.07) is 14.4. The number of phenolic OH excluding ortho intramolecular Hbond substituents is 1. The van der Waals surface area contributed by atoms with Gasteiger partial charge in [-0.15, -0.1) is 0 Å². The van der Waals surface area contributed by atoms with Crippen molar-refractivity contribution in [2.75, 3.05) is 18.0 Å². The molecule has 4 aromatic rings. The largest absolute Gasteiger partial charge is 0.507 e. The highest BCUT2D eigenvalue weighted by atomic mass is 19.4. The first-order valence-corrected chi connectivity index (χ1v) is 11.6. The molecule has 0 aliphatic carbocycles. The number of nitrogens with zero attached hydrogens (tertiary/aromatic N) is 3. The molecule has 5 rings (SSSR count). The number of para-hydroxylation sites is 1. The van der Waals surface area contributed by atoms with Crippen LogP contribution >= 0.6 is 0 Å². The second-order valence-electron chi connectivity index (χ2n) is 9.01. The Labute approximate surface area is 212 Å². The van der Waals surface area contributed by atoms with Crippen molar-refractivity contribution in [1.29, 1.82) is 0 Å². The number of fused-ring (bicyclic) bond motifs is 1. The number of hydrogen-bond donors (Lipinski definition) is 2. The van der Waals surface area contributed by atoms with E-state index >= 15 is 0 Å². The summed E-state index contributed by atoms with van der Waals surface area (Å²) >= 11 is 0. The third kappa shape index (κ3) is 4.91. The van der Waals surface area contributed by atoms with Gasteiger partial charge in [0.15, 0.2) is 5.82 Å². The molecule has 6 nitrogen and oxygen atoms in total. The molecule has 2 N–H and O–H groups in total. The zero-order valence-corrected chi connectivity index (χ0v) is 19.7. The fourth-order valence-corrected chi connectivity index (χ4v) is 4.47. The molecule has 0 radical (unpaired) electrons. The van der Waals surface area contributed by atoms with Crippen molar-refractivity contribution in [3.05, 3.63) is 83.2 Å². The van der Waals surface area contributed by atoms with E-state index in [4.69, 9.17) is 4.98 Å². The molecule has 2 heterocycles.